The van der Waals surface area contributed by atoms with Crippen molar-refractivity contribution in [3.05, 3.63) is 29.8 Å². The van der Waals surface area contributed by atoms with Gasteiger partial charge in [0.1, 0.15) is 0 Å². The maximum atomic E-state index is 11.5. The number of nitrogens with one attached hydrogen (secondary N) is 1. The first-order valence-electron chi connectivity index (χ1n) is 5.22. The zero-order chi connectivity index (χ0) is 12.0. The maximum Gasteiger partial charge on any atom is 0.230 e. The average Bonchev–Trinajstić information content (AvgIpc) is 2.28. The molecule has 3 nitrogen and oxygen atoms in total. The molecule has 1 unspecified atom stereocenters. The smallest absolute Gasteiger partial charge is 0.230 e. The van der Waals surface area contributed by atoms with Crippen molar-refractivity contribution in [3.8, 4) is 0 Å². The summed E-state index contributed by atoms with van der Waals surface area (Å²) >= 11 is 1.51. The Balaban J connectivity index is 2.40. The number of aliphatic hydroxyl groups excluding tert-OH is 1. The minimum absolute atomic E-state index is 0.0270. The van der Waals surface area contributed by atoms with Crippen molar-refractivity contribution in [3.63, 3.8) is 0 Å². The van der Waals surface area contributed by atoms with E-state index in [1.807, 2.05) is 31.2 Å². The summed E-state index contributed by atoms with van der Waals surface area (Å²) in [7, 11) is 0. The maximum absolute atomic E-state index is 11.5. The van der Waals surface area contributed by atoms with E-state index in [1.54, 1.807) is 6.92 Å². The highest BCUT2D eigenvalue weighted by Crippen LogP contribution is 2.21. The van der Waals surface area contributed by atoms with E-state index in [2.05, 4.69) is 5.32 Å². The van der Waals surface area contributed by atoms with Gasteiger partial charge in [0.2, 0.25) is 5.91 Å². The summed E-state index contributed by atoms with van der Waals surface area (Å²) in [6, 6.07) is 7.79. The van der Waals surface area contributed by atoms with Crippen molar-refractivity contribution in [2.24, 2.45) is 0 Å². The fraction of sp³-hybridized carbons (Fsp3) is 0.417. The van der Waals surface area contributed by atoms with Crippen molar-refractivity contribution in [2.75, 3.05) is 12.4 Å². The van der Waals surface area contributed by atoms with Crippen LogP contribution in [0.5, 0.6) is 0 Å². The number of aliphatic hydroxyl groups is 1. The van der Waals surface area contributed by atoms with Crippen molar-refractivity contribution < 1.29 is 9.90 Å². The molecule has 0 aromatic heterocycles. The van der Waals surface area contributed by atoms with Crippen LogP contribution in [0.25, 0.3) is 0 Å². The Hall–Kier alpha value is -1.00. The van der Waals surface area contributed by atoms with E-state index in [9.17, 15) is 4.79 Å². The Bertz CT molecular complexity index is 355. The van der Waals surface area contributed by atoms with Gasteiger partial charge in [-0.3, -0.25) is 4.79 Å². The molecule has 1 aromatic carbocycles. The predicted molar refractivity (Wildman–Crippen MR) is 66.6 cm³/mol. The number of hydrogen-bond acceptors (Lipinski definition) is 3. The molecule has 0 radical (unpaired) electrons. The summed E-state index contributed by atoms with van der Waals surface area (Å²) in [4.78, 5) is 12.6. The summed E-state index contributed by atoms with van der Waals surface area (Å²) < 4.78 is 0. The Morgan fingerprint density at radius 3 is 2.81 bits per heavy atom. The molecule has 2 N–H and O–H groups in total. The number of amides is 1. The molecule has 4 heteroatoms. The van der Waals surface area contributed by atoms with E-state index >= 15 is 0 Å². The number of hydrogen-bond donors (Lipinski definition) is 2. The van der Waals surface area contributed by atoms with Crippen LogP contribution in [0.3, 0.4) is 0 Å². The zero-order valence-corrected chi connectivity index (χ0v) is 10.4. The van der Waals surface area contributed by atoms with E-state index in [-0.39, 0.29) is 18.6 Å². The first kappa shape index (κ1) is 13.1. The van der Waals surface area contributed by atoms with Crippen LogP contribution >= 0.6 is 11.8 Å². The lowest BCUT2D eigenvalue weighted by Gasteiger charge is -2.10. The van der Waals surface area contributed by atoms with Crippen LogP contribution in [0.15, 0.2) is 29.2 Å². The van der Waals surface area contributed by atoms with Crippen LogP contribution in [-0.2, 0) is 4.79 Å². The Morgan fingerprint density at radius 1 is 1.50 bits per heavy atom. The Labute approximate surface area is 100 Å². The number of carbonyl (C=O) groups is 1. The van der Waals surface area contributed by atoms with E-state index in [0.717, 1.165) is 4.90 Å². The third kappa shape index (κ3) is 4.24. The minimum atomic E-state index is -0.176. The molecular weight excluding hydrogens is 222 g/mol. The predicted octanol–water partition coefficient (Wildman–Crippen LogP) is 1.58. The van der Waals surface area contributed by atoms with Crippen LogP contribution in [0.1, 0.15) is 12.5 Å². The molecule has 1 aromatic rings. The number of thioether (sulfide) groups is 1. The second-order valence-electron chi connectivity index (χ2n) is 3.71. The van der Waals surface area contributed by atoms with Gasteiger partial charge in [-0.25, -0.2) is 0 Å². The third-order valence-electron chi connectivity index (χ3n) is 2.13. The zero-order valence-electron chi connectivity index (χ0n) is 9.56. The highest BCUT2D eigenvalue weighted by molar-refractivity contribution is 8.00. The summed E-state index contributed by atoms with van der Waals surface area (Å²) in [5.41, 5.74) is 1.18. The quantitative estimate of drug-likeness (QED) is 0.767. The van der Waals surface area contributed by atoms with E-state index < -0.39 is 0 Å². The molecule has 0 aliphatic heterocycles. The standard InChI is InChI=1S/C12H17NO2S/c1-9-5-3-4-6-11(9)16-8-12(15)13-10(2)7-14/h3-6,10,14H,7-8H2,1-2H3,(H,13,15). The van der Waals surface area contributed by atoms with Gasteiger partial charge in [-0.15, -0.1) is 11.8 Å². The monoisotopic (exact) mass is 239 g/mol. The van der Waals surface area contributed by atoms with Crippen LogP contribution in [0.4, 0.5) is 0 Å². The second kappa shape index (κ2) is 6.55. The molecule has 0 saturated heterocycles. The fourth-order valence-corrected chi connectivity index (χ4v) is 2.06. The summed E-state index contributed by atoms with van der Waals surface area (Å²) in [6.07, 6.45) is 0. The van der Waals surface area contributed by atoms with Gasteiger partial charge in [0.05, 0.1) is 12.4 Å². The second-order valence-corrected chi connectivity index (χ2v) is 4.72. The number of rotatable bonds is 5. The van der Waals surface area contributed by atoms with Crippen LogP contribution < -0.4 is 5.32 Å². The first-order chi connectivity index (χ1) is 7.63. The molecule has 88 valence electrons. The van der Waals surface area contributed by atoms with E-state index in [4.69, 9.17) is 5.11 Å². The van der Waals surface area contributed by atoms with Gasteiger partial charge in [0.25, 0.3) is 0 Å². The lowest BCUT2D eigenvalue weighted by molar-refractivity contribution is -0.119. The van der Waals surface area contributed by atoms with Gasteiger partial charge in [0, 0.05) is 10.9 Å². The van der Waals surface area contributed by atoms with Crippen molar-refractivity contribution in [1.82, 2.24) is 5.32 Å². The third-order valence-corrected chi connectivity index (χ3v) is 3.31. The molecule has 0 bridgehead atoms. The van der Waals surface area contributed by atoms with Crippen LogP contribution in [0.2, 0.25) is 0 Å². The molecule has 0 spiro atoms. The molecule has 0 fully saturated rings. The van der Waals surface area contributed by atoms with Gasteiger partial charge < -0.3 is 10.4 Å². The topological polar surface area (TPSA) is 49.3 Å². The Morgan fingerprint density at radius 2 is 2.19 bits per heavy atom. The lowest BCUT2D eigenvalue weighted by atomic mass is 10.2. The summed E-state index contributed by atoms with van der Waals surface area (Å²) in [6.45, 7) is 3.77. The normalized spacial score (nSPS) is 12.2. The molecular formula is C12H17NO2S. The SMILES string of the molecule is Cc1ccccc1SCC(=O)NC(C)CO. The molecule has 0 heterocycles. The highest BCUT2D eigenvalue weighted by Gasteiger charge is 2.07. The molecule has 1 amide bonds. The van der Waals surface area contributed by atoms with Crippen molar-refractivity contribution in [1.29, 1.82) is 0 Å². The molecule has 0 aliphatic rings. The van der Waals surface area contributed by atoms with Crippen molar-refractivity contribution in [2.45, 2.75) is 24.8 Å². The van der Waals surface area contributed by atoms with Gasteiger partial charge >= 0.3 is 0 Å². The Kier molecular flexibility index (Phi) is 5.35. The van der Waals surface area contributed by atoms with Crippen LogP contribution in [-0.4, -0.2) is 29.4 Å². The number of carbonyl (C=O) groups excluding carboxylic acids is 1. The number of aryl methyl sites for hydroxylation is 1. The largest absolute Gasteiger partial charge is 0.394 e. The van der Waals surface area contributed by atoms with Crippen molar-refractivity contribution >= 4 is 17.7 Å². The fourth-order valence-electron chi connectivity index (χ4n) is 1.22. The molecule has 0 saturated carbocycles. The molecule has 1 rings (SSSR count). The summed E-state index contributed by atoms with van der Waals surface area (Å²) in [5.74, 6) is 0.338. The molecule has 16 heavy (non-hydrogen) atoms. The minimum Gasteiger partial charge on any atom is -0.394 e. The van der Waals surface area contributed by atoms with Gasteiger partial charge in [-0.2, -0.15) is 0 Å². The van der Waals surface area contributed by atoms with Crippen LogP contribution in [0, 0.1) is 6.92 Å². The molecule has 1 atom stereocenters. The first-order valence-corrected chi connectivity index (χ1v) is 6.20. The lowest BCUT2D eigenvalue weighted by Crippen LogP contribution is -2.36. The summed E-state index contributed by atoms with van der Waals surface area (Å²) in [5, 5.41) is 11.5. The number of benzene rings is 1. The van der Waals surface area contributed by atoms with E-state index in [0.29, 0.717) is 5.75 Å². The average molecular weight is 239 g/mol. The van der Waals surface area contributed by atoms with Gasteiger partial charge in [-0.1, -0.05) is 18.2 Å². The molecule has 0 aliphatic carbocycles. The van der Waals surface area contributed by atoms with E-state index in [1.165, 1.54) is 17.3 Å². The highest BCUT2D eigenvalue weighted by atomic mass is 32.2. The van der Waals surface area contributed by atoms with Gasteiger partial charge in [-0.05, 0) is 25.5 Å². The van der Waals surface area contributed by atoms with Gasteiger partial charge in [0.15, 0.2) is 0 Å².